The van der Waals surface area contributed by atoms with E-state index in [9.17, 15) is 0 Å². The third kappa shape index (κ3) is 6.12. The quantitative estimate of drug-likeness (QED) is 0.379. The van der Waals surface area contributed by atoms with E-state index < -0.39 is 0 Å². The van der Waals surface area contributed by atoms with Crippen LogP contribution in [0.2, 0.25) is 10.0 Å². The van der Waals surface area contributed by atoms with Crippen molar-refractivity contribution in [2.45, 2.75) is 31.5 Å². The molecule has 0 bridgehead atoms. The smallest absolute Gasteiger partial charge is 0.193 e. The van der Waals surface area contributed by atoms with Gasteiger partial charge in [-0.1, -0.05) is 23.2 Å². The number of nitrogens with one attached hydrogen (secondary N) is 1. The van der Waals surface area contributed by atoms with Crippen molar-refractivity contribution in [1.29, 1.82) is 0 Å². The molecule has 2 fully saturated rings. The van der Waals surface area contributed by atoms with Gasteiger partial charge in [0.1, 0.15) is 6.10 Å². The fourth-order valence-electron chi connectivity index (χ4n) is 3.39. The lowest BCUT2D eigenvalue weighted by Crippen LogP contribution is -2.53. The Bertz CT molecular complexity index is 592. The maximum absolute atomic E-state index is 6.06. The van der Waals surface area contributed by atoms with Gasteiger partial charge in [-0.2, -0.15) is 0 Å². The molecule has 0 spiro atoms. The van der Waals surface area contributed by atoms with E-state index in [1.807, 2.05) is 19.2 Å². The zero-order valence-electron chi connectivity index (χ0n) is 14.9. The lowest BCUT2D eigenvalue weighted by atomic mass is 10.1. The van der Waals surface area contributed by atoms with Gasteiger partial charge in [0, 0.05) is 43.3 Å². The molecule has 2 saturated heterocycles. The number of rotatable bonds is 4. The number of guanidine groups is 1. The molecule has 0 radical (unpaired) electrons. The first-order chi connectivity index (χ1) is 12.2. The second-order valence-corrected chi connectivity index (χ2v) is 7.28. The zero-order valence-corrected chi connectivity index (χ0v) is 18.8. The molecule has 1 N–H and O–H groups in total. The number of halogens is 3. The molecule has 1 aromatic rings. The van der Waals surface area contributed by atoms with Gasteiger partial charge in [0.25, 0.3) is 0 Å². The number of aliphatic imine (C=N–C) groups is 1. The van der Waals surface area contributed by atoms with Crippen LogP contribution in [0.5, 0.6) is 0 Å². The molecule has 0 aliphatic carbocycles. The van der Waals surface area contributed by atoms with Crippen molar-refractivity contribution in [3.63, 3.8) is 0 Å². The third-order valence-electron chi connectivity index (χ3n) is 4.60. The molecule has 8 heteroatoms. The Kier molecular flexibility index (Phi) is 9.23. The maximum atomic E-state index is 6.06. The van der Waals surface area contributed by atoms with Gasteiger partial charge >= 0.3 is 0 Å². The summed E-state index contributed by atoms with van der Waals surface area (Å²) in [5.41, 5.74) is 1.11. The molecule has 3 rings (SSSR count). The highest BCUT2D eigenvalue weighted by molar-refractivity contribution is 14.0. The van der Waals surface area contributed by atoms with Crippen LogP contribution in [0.25, 0.3) is 0 Å². The minimum absolute atomic E-state index is 0. The fraction of sp³-hybridized carbons (Fsp3) is 0.611. The van der Waals surface area contributed by atoms with Crippen molar-refractivity contribution in [2.24, 2.45) is 4.99 Å². The van der Waals surface area contributed by atoms with Crippen LogP contribution in [-0.4, -0.2) is 63.0 Å². The number of hydrogen-bond acceptors (Lipinski definition) is 3. The summed E-state index contributed by atoms with van der Waals surface area (Å²) in [5.74, 6) is 0.902. The van der Waals surface area contributed by atoms with E-state index in [0.29, 0.717) is 16.7 Å². The molecule has 26 heavy (non-hydrogen) atoms. The topological polar surface area (TPSA) is 46.1 Å². The average Bonchev–Trinajstić information content (AvgIpc) is 3.13. The van der Waals surface area contributed by atoms with Crippen LogP contribution in [0.15, 0.2) is 23.2 Å². The Balaban J connectivity index is 0.00000243. The van der Waals surface area contributed by atoms with Gasteiger partial charge in [0.2, 0.25) is 0 Å². The van der Waals surface area contributed by atoms with Gasteiger partial charge in [-0.3, -0.25) is 4.99 Å². The predicted molar refractivity (Wildman–Crippen MR) is 117 cm³/mol. The monoisotopic (exact) mass is 513 g/mol. The van der Waals surface area contributed by atoms with Crippen molar-refractivity contribution < 1.29 is 9.47 Å². The first-order valence-electron chi connectivity index (χ1n) is 8.79. The van der Waals surface area contributed by atoms with Crippen LogP contribution in [0, 0.1) is 0 Å². The Morgan fingerprint density at radius 1 is 1.19 bits per heavy atom. The summed E-state index contributed by atoms with van der Waals surface area (Å²) in [4.78, 5) is 6.67. The molecule has 2 heterocycles. The van der Waals surface area contributed by atoms with Crippen LogP contribution in [0.3, 0.4) is 0 Å². The van der Waals surface area contributed by atoms with E-state index in [1.165, 1.54) is 0 Å². The fourth-order valence-corrected chi connectivity index (χ4v) is 3.97. The summed E-state index contributed by atoms with van der Waals surface area (Å²) in [5, 5.41) is 4.76. The summed E-state index contributed by atoms with van der Waals surface area (Å²) < 4.78 is 11.7. The van der Waals surface area contributed by atoms with Crippen LogP contribution >= 0.6 is 47.2 Å². The summed E-state index contributed by atoms with van der Waals surface area (Å²) in [6.45, 7) is 3.97. The number of morpholine rings is 1. The molecule has 146 valence electrons. The standard InChI is InChI=1S/C18H25Cl2N3O2.HI/c1-21-18(22-5-4-13-9-14(19)11-15(20)10-13)23-6-8-25-17(12-23)16-3-2-7-24-16;/h9-11,16-17H,2-8,12H2,1H3,(H,21,22);1H. The van der Waals surface area contributed by atoms with Gasteiger partial charge in [0.15, 0.2) is 5.96 Å². The van der Waals surface area contributed by atoms with E-state index in [-0.39, 0.29) is 36.2 Å². The Morgan fingerprint density at radius 2 is 1.92 bits per heavy atom. The first-order valence-corrected chi connectivity index (χ1v) is 9.55. The number of ether oxygens (including phenoxy) is 2. The summed E-state index contributed by atoms with van der Waals surface area (Å²) >= 11 is 12.1. The third-order valence-corrected chi connectivity index (χ3v) is 5.04. The second-order valence-electron chi connectivity index (χ2n) is 6.41. The van der Waals surface area contributed by atoms with E-state index in [0.717, 1.165) is 57.0 Å². The molecule has 2 aliphatic heterocycles. The lowest BCUT2D eigenvalue weighted by molar-refractivity contribution is -0.0816. The van der Waals surface area contributed by atoms with Crippen molar-refractivity contribution in [1.82, 2.24) is 10.2 Å². The van der Waals surface area contributed by atoms with Gasteiger partial charge < -0.3 is 19.7 Å². The highest BCUT2D eigenvalue weighted by atomic mass is 127. The van der Waals surface area contributed by atoms with Gasteiger partial charge in [-0.15, -0.1) is 24.0 Å². The summed E-state index contributed by atoms with van der Waals surface area (Å²) in [6, 6.07) is 5.64. The molecule has 0 aromatic heterocycles. The predicted octanol–water partition coefficient (Wildman–Crippen LogP) is 3.61. The molecular formula is C18H26Cl2IN3O2. The summed E-state index contributed by atoms with van der Waals surface area (Å²) in [7, 11) is 1.81. The Labute approximate surface area is 182 Å². The second kappa shape index (κ2) is 10.9. The van der Waals surface area contributed by atoms with Crippen molar-refractivity contribution in [3.8, 4) is 0 Å². The molecular weight excluding hydrogens is 488 g/mol. The molecule has 0 amide bonds. The van der Waals surface area contributed by atoms with Crippen molar-refractivity contribution in [3.05, 3.63) is 33.8 Å². The number of nitrogens with zero attached hydrogens (tertiary/aromatic N) is 2. The van der Waals surface area contributed by atoms with Gasteiger partial charge in [-0.25, -0.2) is 0 Å². The Hall–Kier alpha value is -0.280. The molecule has 5 nitrogen and oxygen atoms in total. The molecule has 2 atom stereocenters. The number of benzene rings is 1. The highest BCUT2D eigenvalue weighted by Gasteiger charge is 2.32. The van der Waals surface area contributed by atoms with Crippen molar-refractivity contribution in [2.75, 3.05) is 39.9 Å². The van der Waals surface area contributed by atoms with E-state index in [2.05, 4.69) is 15.2 Å². The molecule has 1 aromatic carbocycles. The minimum atomic E-state index is 0. The lowest BCUT2D eigenvalue weighted by Gasteiger charge is -2.37. The Morgan fingerprint density at radius 3 is 2.58 bits per heavy atom. The van der Waals surface area contributed by atoms with Crippen LogP contribution in [0.1, 0.15) is 18.4 Å². The van der Waals surface area contributed by atoms with E-state index in [1.54, 1.807) is 6.07 Å². The molecule has 0 saturated carbocycles. The van der Waals surface area contributed by atoms with Crippen LogP contribution in [-0.2, 0) is 15.9 Å². The van der Waals surface area contributed by atoms with Gasteiger partial charge in [-0.05, 0) is 43.0 Å². The maximum Gasteiger partial charge on any atom is 0.193 e. The van der Waals surface area contributed by atoms with E-state index >= 15 is 0 Å². The highest BCUT2D eigenvalue weighted by Crippen LogP contribution is 2.21. The SMILES string of the molecule is CN=C(NCCc1cc(Cl)cc(Cl)c1)N1CCOC(C2CCCO2)C1.I. The minimum Gasteiger partial charge on any atom is -0.375 e. The van der Waals surface area contributed by atoms with Crippen LogP contribution < -0.4 is 5.32 Å². The van der Waals surface area contributed by atoms with Crippen molar-refractivity contribution >= 4 is 53.1 Å². The normalized spacial score (nSPS) is 23.7. The number of hydrogen-bond donors (Lipinski definition) is 1. The average molecular weight is 514 g/mol. The van der Waals surface area contributed by atoms with E-state index in [4.69, 9.17) is 32.7 Å². The first kappa shape index (κ1) is 22.0. The summed E-state index contributed by atoms with van der Waals surface area (Å²) in [6.07, 6.45) is 3.38. The van der Waals surface area contributed by atoms with Gasteiger partial charge in [0.05, 0.1) is 12.7 Å². The largest absolute Gasteiger partial charge is 0.375 e. The zero-order chi connectivity index (χ0) is 17.6. The molecule has 2 aliphatic rings. The van der Waals surface area contributed by atoms with Crippen LogP contribution in [0.4, 0.5) is 0 Å². The molecule has 2 unspecified atom stereocenters.